The SMILES string of the molecule is CC1(C)OB(c2ccc3c(c2)ncn3-c2ccc(OCCOC3CCCCO3)cc2)OC1(C)C. The molecule has 2 saturated heterocycles. The Morgan fingerprint density at radius 1 is 1.00 bits per heavy atom. The summed E-state index contributed by atoms with van der Waals surface area (Å²) in [4.78, 5) is 4.62. The van der Waals surface area contributed by atoms with E-state index in [2.05, 4.69) is 49.4 Å². The molecule has 34 heavy (non-hydrogen) atoms. The van der Waals surface area contributed by atoms with Crippen LogP contribution in [-0.4, -0.2) is 54.0 Å². The first-order chi connectivity index (χ1) is 16.3. The molecule has 3 heterocycles. The van der Waals surface area contributed by atoms with Crippen LogP contribution >= 0.6 is 0 Å². The summed E-state index contributed by atoms with van der Waals surface area (Å²) < 4.78 is 31.6. The van der Waals surface area contributed by atoms with Crippen LogP contribution in [0, 0.1) is 0 Å². The molecule has 2 aromatic carbocycles. The molecule has 2 aliphatic rings. The number of nitrogens with zero attached hydrogens (tertiary/aromatic N) is 2. The molecule has 0 saturated carbocycles. The average Bonchev–Trinajstić information content (AvgIpc) is 3.34. The number of hydrogen-bond acceptors (Lipinski definition) is 6. The molecule has 1 atom stereocenters. The molecule has 0 aliphatic carbocycles. The van der Waals surface area contributed by atoms with E-state index in [-0.39, 0.29) is 17.5 Å². The highest BCUT2D eigenvalue weighted by atomic mass is 16.7. The van der Waals surface area contributed by atoms with Gasteiger partial charge in [-0.05, 0) is 88.8 Å². The van der Waals surface area contributed by atoms with E-state index in [9.17, 15) is 0 Å². The number of hydrogen-bond donors (Lipinski definition) is 0. The molecule has 180 valence electrons. The van der Waals surface area contributed by atoms with Gasteiger partial charge >= 0.3 is 7.12 Å². The lowest BCUT2D eigenvalue weighted by molar-refractivity contribution is -0.165. The molecule has 0 bridgehead atoms. The van der Waals surface area contributed by atoms with Gasteiger partial charge in [0, 0.05) is 12.3 Å². The van der Waals surface area contributed by atoms with Crippen LogP contribution < -0.4 is 10.2 Å². The molecular formula is C26H33BN2O5. The zero-order valence-corrected chi connectivity index (χ0v) is 20.5. The molecule has 0 amide bonds. The van der Waals surface area contributed by atoms with E-state index in [0.717, 1.165) is 53.8 Å². The Morgan fingerprint density at radius 2 is 1.76 bits per heavy atom. The quantitative estimate of drug-likeness (QED) is 0.385. The minimum absolute atomic E-state index is 0.0838. The first kappa shape index (κ1) is 23.4. The fourth-order valence-corrected chi connectivity index (χ4v) is 4.25. The Morgan fingerprint density at radius 3 is 2.47 bits per heavy atom. The van der Waals surface area contributed by atoms with Gasteiger partial charge < -0.3 is 23.5 Å². The molecule has 2 fully saturated rings. The van der Waals surface area contributed by atoms with Gasteiger partial charge in [0.1, 0.15) is 18.7 Å². The summed E-state index contributed by atoms with van der Waals surface area (Å²) >= 11 is 0. The van der Waals surface area contributed by atoms with Gasteiger partial charge in [-0.15, -0.1) is 0 Å². The Hall–Kier alpha value is -2.39. The summed E-state index contributed by atoms with van der Waals surface area (Å²) in [5, 5.41) is 0. The van der Waals surface area contributed by atoms with Crippen molar-refractivity contribution in [2.24, 2.45) is 0 Å². The summed E-state index contributed by atoms with van der Waals surface area (Å²) in [6.45, 7) is 10.0. The van der Waals surface area contributed by atoms with Gasteiger partial charge in [0.15, 0.2) is 6.29 Å². The molecule has 0 N–H and O–H groups in total. The van der Waals surface area contributed by atoms with Crippen molar-refractivity contribution < 1.29 is 23.5 Å². The third-order valence-corrected chi connectivity index (χ3v) is 7.01. The molecule has 3 aromatic rings. The predicted molar refractivity (Wildman–Crippen MR) is 132 cm³/mol. The van der Waals surface area contributed by atoms with Gasteiger partial charge in [0.25, 0.3) is 0 Å². The van der Waals surface area contributed by atoms with E-state index in [1.807, 2.05) is 36.7 Å². The summed E-state index contributed by atoms with van der Waals surface area (Å²) in [5.41, 5.74) is 3.17. The Labute approximate surface area is 201 Å². The zero-order chi connectivity index (χ0) is 23.8. The van der Waals surface area contributed by atoms with Crippen LogP contribution in [0.4, 0.5) is 0 Å². The van der Waals surface area contributed by atoms with Crippen molar-refractivity contribution in [3.63, 3.8) is 0 Å². The van der Waals surface area contributed by atoms with Gasteiger partial charge in [-0.25, -0.2) is 4.98 Å². The highest BCUT2D eigenvalue weighted by Crippen LogP contribution is 2.36. The lowest BCUT2D eigenvalue weighted by Gasteiger charge is -2.32. The van der Waals surface area contributed by atoms with E-state index in [1.54, 1.807) is 0 Å². The van der Waals surface area contributed by atoms with E-state index >= 15 is 0 Å². The number of imidazole rings is 1. The van der Waals surface area contributed by atoms with E-state index in [0.29, 0.717) is 13.2 Å². The fourth-order valence-electron chi connectivity index (χ4n) is 4.25. The van der Waals surface area contributed by atoms with E-state index in [4.69, 9.17) is 23.5 Å². The van der Waals surface area contributed by atoms with Crippen LogP contribution in [0.25, 0.3) is 16.7 Å². The minimum atomic E-state index is -0.398. The van der Waals surface area contributed by atoms with Gasteiger partial charge in [-0.1, -0.05) is 6.07 Å². The normalized spacial score (nSPS) is 21.8. The average molecular weight is 464 g/mol. The molecule has 8 heteroatoms. The summed E-state index contributed by atoms with van der Waals surface area (Å²) in [6, 6.07) is 14.2. The molecule has 5 rings (SSSR count). The van der Waals surface area contributed by atoms with Crippen molar-refractivity contribution in [2.75, 3.05) is 19.8 Å². The Balaban J connectivity index is 1.22. The van der Waals surface area contributed by atoms with Crippen molar-refractivity contribution in [1.82, 2.24) is 9.55 Å². The monoisotopic (exact) mass is 464 g/mol. The molecule has 0 spiro atoms. The maximum atomic E-state index is 6.19. The zero-order valence-electron chi connectivity index (χ0n) is 20.5. The number of aromatic nitrogens is 2. The highest BCUT2D eigenvalue weighted by Gasteiger charge is 2.51. The van der Waals surface area contributed by atoms with Crippen molar-refractivity contribution in [2.45, 2.75) is 64.4 Å². The van der Waals surface area contributed by atoms with Crippen LogP contribution in [0.2, 0.25) is 0 Å². The largest absolute Gasteiger partial charge is 0.494 e. The predicted octanol–water partition coefficient (Wildman–Crippen LogP) is 4.25. The fraction of sp³-hybridized carbons (Fsp3) is 0.500. The van der Waals surface area contributed by atoms with Crippen molar-refractivity contribution in [1.29, 1.82) is 0 Å². The second-order valence-corrected chi connectivity index (χ2v) is 9.96. The first-order valence-electron chi connectivity index (χ1n) is 12.1. The maximum Gasteiger partial charge on any atom is 0.494 e. The number of fused-ring (bicyclic) bond motifs is 1. The van der Waals surface area contributed by atoms with Crippen LogP contribution in [0.1, 0.15) is 47.0 Å². The minimum Gasteiger partial charge on any atom is -0.491 e. The molecule has 1 unspecified atom stereocenters. The van der Waals surface area contributed by atoms with Crippen LogP contribution in [0.5, 0.6) is 5.75 Å². The smallest absolute Gasteiger partial charge is 0.491 e. The summed E-state index contributed by atoms with van der Waals surface area (Å²) in [6.07, 6.45) is 5.00. The van der Waals surface area contributed by atoms with Crippen LogP contribution in [0.3, 0.4) is 0 Å². The van der Waals surface area contributed by atoms with Gasteiger partial charge in [-0.2, -0.15) is 0 Å². The van der Waals surface area contributed by atoms with Gasteiger partial charge in [-0.3, -0.25) is 4.57 Å². The third-order valence-electron chi connectivity index (χ3n) is 7.01. The number of rotatable bonds is 7. The van der Waals surface area contributed by atoms with Gasteiger partial charge in [0.05, 0.1) is 28.8 Å². The van der Waals surface area contributed by atoms with Gasteiger partial charge in [0.2, 0.25) is 0 Å². The lowest BCUT2D eigenvalue weighted by atomic mass is 9.79. The van der Waals surface area contributed by atoms with Crippen molar-refractivity contribution >= 4 is 23.6 Å². The number of benzene rings is 2. The van der Waals surface area contributed by atoms with E-state index in [1.165, 1.54) is 0 Å². The van der Waals surface area contributed by atoms with Crippen molar-refractivity contribution in [3.8, 4) is 11.4 Å². The molecule has 0 radical (unpaired) electrons. The summed E-state index contributed by atoms with van der Waals surface area (Å²) in [5.74, 6) is 0.810. The van der Waals surface area contributed by atoms with Crippen LogP contribution in [-0.2, 0) is 18.8 Å². The second kappa shape index (κ2) is 9.34. The second-order valence-electron chi connectivity index (χ2n) is 9.96. The van der Waals surface area contributed by atoms with Crippen molar-refractivity contribution in [3.05, 3.63) is 48.8 Å². The Kier molecular flexibility index (Phi) is 6.42. The van der Waals surface area contributed by atoms with Crippen LogP contribution in [0.15, 0.2) is 48.8 Å². The molecule has 7 nitrogen and oxygen atoms in total. The Bertz CT molecular complexity index is 1110. The molecule has 1 aromatic heterocycles. The number of ether oxygens (including phenoxy) is 3. The maximum absolute atomic E-state index is 6.19. The highest BCUT2D eigenvalue weighted by molar-refractivity contribution is 6.62. The summed E-state index contributed by atoms with van der Waals surface area (Å²) in [7, 11) is -0.398. The first-order valence-corrected chi connectivity index (χ1v) is 12.1. The lowest BCUT2D eigenvalue weighted by Crippen LogP contribution is -2.41. The standard InChI is InChI=1S/C26H33BN2O5/c1-25(2)26(3,4)34-27(33-25)19-8-13-23-22(17-19)28-18-29(23)20-9-11-21(12-10-20)30-15-16-32-24-7-5-6-14-31-24/h8-13,17-18,24H,5-7,14-16H2,1-4H3. The third kappa shape index (κ3) is 4.73. The molecule has 2 aliphatic heterocycles. The molecular weight excluding hydrogens is 431 g/mol. The topological polar surface area (TPSA) is 64.0 Å². The van der Waals surface area contributed by atoms with E-state index < -0.39 is 7.12 Å².